The first kappa shape index (κ1) is 12.5. The lowest BCUT2D eigenvalue weighted by molar-refractivity contribution is 0.106. The summed E-state index contributed by atoms with van der Waals surface area (Å²) in [4.78, 5) is 0. The van der Waals surface area contributed by atoms with Crippen LogP contribution in [0.2, 0.25) is 0 Å². The van der Waals surface area contributed by atoms with Crippen LogP contribution in [0, 0.1) is 5.82 Å². The Labute approximate surface area is 98.0 Å². The standard InChI is InChI=1S/C11H15BrFNO/c1-7(8(2)15-3)14-11-6-9(13)4-5-10(11)12/h4-8,14H,1-3H3. The highest BCUT2D eigenvalue weighted by molar-refractivity contribution is 9.10. The molecule has 0 amide bonds. The van der Waals surface area contributed by atoms with Gasteiger partial charge in [-0.15, -0.1) is 0 Å². The van der Waals surface area contributed by atoms with Crippen molar-refractivity contribution in [3.63, 3.8) is 0 Å². The number of benzene rings is 1. The lowest BCUT2D eigenvalue weighted by atomic mass is 10.2. The molecule has 1 rings (SSSR count). The molecule has 0 heterocycles. The Kier molecular flexibility index (Phi) is 4.54. The lowest BCUT2D eigenvalue weighted by Gasteiger charge is -2.21. The molecule has 15 heavy (non-hydrogen) atoms. The minimum atomic E-state index is -0.252. The fraction of sp³-hybridized carbons (Fsp3) is 0.455. The van der Waals surface area contributed by atoms with Crippen LogP contribution in [0.3, 0.4) is 0 Å². The molecule has 0 aliphatic heterocycles. The molecule has 2 nitrogen and oxygen atoms in total. The zero-order valence-electron chi connectivity index (χ0n) is 9.05. The molecule has 0 aliphatic rings. The van der Waals surface area contributed by atoms with Gasteiger partial charge in [-0.05, 0) is 48.0 Å². The van der Waals surface area contributed by atoms with E-state index in [0.29, 0.717) is 0 Å². The molecule has 0 saturated carbocycles. The molecule has 2 unspecified atom stereocenters. The van der Waals surface area contributed by atoms with Gasteiger partial charge in [-0.2, -0.15) is 0 Å². The van der Waals surface area contributed by atoms with Crippen LogP contribution in [-0.4, -0.2) is 19.3 Å². The topological polar surface area (TPSA) is 21.3 Å². The van der Waals surface area contributed by atoms with Gasteiger partial charge in [0.25, 0.3) is 0 Å². The summed E-state index contributed by atoms with van der Waals surface area (Å²) in [6, 6.07) is 4.68. The molecule has 2 atom stereocenters. The highest BCUT2D eigenvalue weighted by Gasteiger charge is 2.12. The zero-order chi connectivity index (χ0) is 11.4. The van der Waals surface area contributed by atoms with E-state index in [-0.39, 0.29) is 18.0 Å². The SMILES string of the molecule is COC(C)C(C)Nc1cc(F)ccc1Br. The van der Waals surface area contributed by atoms with Gasteiger partial charge in [0.1, 0.15) is 5.82 Å². The fourth-order valence-corrected chi connectivity index (χ4v) is 1.54. The predicted molar refractivity (Wildman–Crippen MR) is 63.7 cm³/mol. The summed E-state index contributed by atoms with van der Waals surface area (Å²) < 4.78 is 19.0. The molecule has 0 fully saturated rings. The molecular weight excluding hydrogens is 261 g/mol. The van der Waals surface area contributed by atoms with Gasteiger partial charge in [-0.25, -0.2) is 4.39 Å². The van der Waals surface area contributed by atoms with Gasteiger partial charge in [0, 0.05) is 17.6 Å². The van der Waals surface area contributed by atoms with Crippen molar-refractivity contribution >= 4 is 21.6 Å². The van der Waals surface area contributed by atoms with Crippen molar-refractivity contribution in [1.29, 1.82) is 0 Å². The van der Waals surface area contributed by atoms with E-state index in [9.17, 15) is 4.39 Å². The number of methoxy groups -OCH3 is 1. The zero-order valence-corrected chi connectivity index (χ0v) is 10.6. The van der Waals surface area contributed by atoms with E-state index < -0.39 is 0 Å². The Morgan fingerprint density at radius 2 is 2.07 bits per heavy atom. The van der Waals surface area contributed by atoms with E-state index in [1.54, 1.807) is 13.2 Å². The fourth-order valence-electron chi connectivity index (χ4n) is 1.17. The summed E-state index contributed by atoms with van der Waals surface area (Å²) in [5, 5.41) is 3.19. The van der Waals surface area contributed by atoms with Crippen molar-refractivity contribution in [2.75, 3.05) is 12.4 Å². The van der Waals surface area contributed by atoms with Crippen LogP contribution in [0.25, 0.3) is 0 Å². The van der Waals surface area contributed by atoms with Gasteiger partial charge in [0.2, 0.25) is 0 Å². The minimum absolute atomic E-state index is 0.0696. The van der Waals surface area contributed by atoms with E-state index in [1.807, 2.05) is 13.8 Å². The van der Waals surface area contributed by atoms with Crippen LogP contribution in [0.4, 0.5) is 10.1 Å². The maximum Gasteiger partial charge on any atom is 0.125 e. The van der Waals surface area contributed by atoms with Crippen LogP contribution in [0.5, 0.6) is 0 Å². The number of hydrogen-bond acceptors (Lipinski definition) is 2. The second kappa shape index (κ2) is 5.47. The first-order valence-corrected chi connectivity index (χ1v) is 5.58. The summed E-state index contributed by atoms with van der Waals surface area (Å²) in [6.07, 6.45) is 0.0696. The van der Waals surface area contributed by atoms with Crippen LogP contribution < -0.4 is 5.32 Å². The first-order valence-electron chi connectivity index (χ1n) is 4.79. The van der Waals surface area contributed by atoms with E-state index in [1.165, 1.54) is 12.1 Å². The maximum atomic E-state index is 13.0. The van der Waals surface area contributed by atoms with Crippen LogP contribution >= 0.6 is 15.9 Å². The average molecular weight is 276 g/mol. The smallest absolute Gasteiger partial charge is 0.125 e. The summed E-state index contributed by atoms with van der Waals surface area (Å²) in [5.74, 6) is -0.252. The molecule has 1 aromatic rings. The number of rotatable bonds is 4. The third-order valence-corrected chi connectivity index (χ3v) is 3.08. The molecule has 0 radical (unpaired) electrons. The van der Waals surface area contributed by atoms with Crippen molar-refractivity contribution in [3.8, 4) is 0 Å². The molecule has 0 bridgehead atoms. The van der Waals surface area contributed by atoms with Gasteiger partial charge in [-0.1, -0.05) is 0 Å². The Balaban J connectivity index is 2.75. The van der Waals surface area contributed by atoms with E-state index >= 15 is 0 Å². The van der Waals surface area contributed by atoms with Gasteiger partial charge in [0.15, 0.2) is 0 Å². The van der Waals surface area contributed by atoms with Gasteiger partial charge in [-0.3, -0.25) is 0 Å². The third kappa shape index (κ3) is 3.47. The number of ether oxygens (including phenoxy) is 1. The maximum absolute atomic E-state index is 13.0. The monoisotopic (exact) mass is 275 g/mol. The predicted octanol–water partition coefficient (Wildman–Crippen LogP) is 3.42. The van der Waals surface area contributed by atoms with Crippen LogP contribution in [-0.2, 0) is 4.74 Å². The Bertz CT molecular complexity index is 332. The summed E-state index contributed by atoms with van der Waals surface area (Å²) >= 11 is 3.36. The van der Waals surface area contributed by atoms with Gasteiger partial charge in [0.05, 0.1) is 11.8 Å². The molecule has 0 spiro atoms. The van der Waals surface area contributed by atoms with Crippen molar-refractivity contribution in [2.45, 2.75) is 26.0 Å². The molecule has 1 aromatic carbocycles. The third-order valence-electron chi connectivity index (χ3n) is 2.39. The molecule has 0 aliphatic carbocycles. The number of halogens is 2. The largest absolute Gasteiger partial charge is 0.380 e. The Morgan fingerprint density at radius 3 is 2.67 bits per heavy atom. The first-order chi connectivity index (χ1) is 7.04. The van der Waals surface area contributed by atoms with Crippen molar-refractivity contribution in [3.05, 3.63) is 28.5 Å². The normalized spacial score (nSPS) is 14.7. The molecule has 1 N–H and O–H groups in total. The second-order valence-electron chi connectivity index (χ2n) is 3.50. The molecule has 0 saturated heterocycles. The number of anilines is 1. The number of hydrogen-bond donors (Lipinski definition) is 1. The Hall–Kier alpha value is -0.610. The van der Waals surface area contributed by atoms with Crippen molar-refractivity contribution in [2.24, 2.45) is 0 Å². The van der Waals surface area contributed by atoms with Gasteiger partial charge >= 0.3 is 0 Å². The molecule has 4 heteroatoms. The summed E-state index contributed by atoms with van der Waals surface area (Å²) in [5.41, 5.74) is 0.742. The summed E-state index contributed by atoms with van der Waals surface area (Å²) in [7, 11) is 1.66. The van der Waals surface area contributed by atoms with Crippen molar-refractivity contribution in [1.82, 2.24) is 0 Å². The molecular formula is C11H15BrFNO. The summed E-state index contributed by atoms with van der Waals surface area (Å²) in [6.45, 7) is 3.95. The van der Waals surface area contributed by atoms with Crippen LogP contribution in [0.15, 0.2) is 22.7 Å². The molecule has 0 aromatic heterocycles. The quantitative estimate of drug-likeness (QED) is 0.909. The average Bonchev–Trinajstić information content (AvgIpc) is 2.22. The van der Waals surface area contributed by atoms with Crippen molar-refractivity contribution < 1.29 is 9.13 Å². The highest BCUT2D eigenvalue weighted by atomic mass is 79.9. The minimum Gasteiger partial charge on any atom is -0.380 e. The highest BCUT2D eigenvalue weighted by Crippen LogP contribution is 2.24. The molecule has 84 valence electrons. The Morgan fingerprint density at radius 1 is 1.40 bits per heavy atom. The lowest BCUT2D eigenvalue weighted by Crippen LogP contribution is -2.29. The second-order valence-corrected chi connectivity index (χ2v) is 4.35. The van der Waals surface area contributed by atoms with E-state index in [2.05, 4.69) is 21.2 Å². The number of nitrogens with one attached hydrogen (secondary N) is 1. The van der Waals surface area contributed by atoms with E-state index in [4.69, 9.17) is 4.74 Å². The van der Waals surface area contributed by atoms with Crippen LogP contribution in [0.1, 0.15) is 13.8 Å². The van der Waals surface area contributed by atoms with E-state index in [0.717, 1.165) is 10.2 Å². The van der Waals surface area contributed by atoms with Gasteiger partial charge < -0.3 is 10.1 Å².